The Morgan fingerprint density at radius 3 is 2.14 bits per heavy atom. The summed E-state index contributed by atoms with van der Waals surface area (Å²) >= 11 is 0. The summed E-state index contributed by atoms with van der Waals surface area (Å²) in [5, 5.41) is 6.92. The Morgan fingerprint density at radius 1 is 0.500 bits per heavy atom. The molecule has 7 aromatic carbocycles. The highest BCUT2D eigenvalue weighted by Crippen LogP contribution is 2.53. The molecule has 0 fully saturated rings. The molecule has 0 spiro atoms. The summed E-state index contributed by atoms with van der Waals surface area (Å²) in [7, 11) is 0. The lowest BCUT2D eigenvalue weighted by molar-refractivity contribution is 0.667. The van der Waals surface area contributed by atoms with Crippen molar-refractivity contribution >= 4 is 71.6 Å². The fourth-order valence-electron chi connectivity index (χ4n) is 7.79. The molecule has 0 saturated heterocycles. The van der Waals surface area contributed by atoms with Gasteiger partial charge in [0, 0.05) is 50.1 Å². The van der Waals surface area contributed by atoms with Crippen molar-refractivity contribution in [3.8, 4) is 33.8 Å². The van der Waals surface area contributed by atoms with E-state index in [1.807, 2.05) is 36.5 Å². The molecule has 0 aliphatic carbocycles. The number of nitrogens with zero attached hydrogens (tertiary/aromatic N) is 4. The second kappa shape index (κ2) is 10.3. The van der Waals surface area contributed by atoms with Crippen LogP contribution in [0.3, 0.4) is 0 Å². The molecule has 1 aliphatic heterocycles. The van der Waals surface area contributed by atoms with Crippen molar-refractivity contribution in [2.45, 2.75) is 0 Å². The molecular weight excluding hydrogens is 613 g/mol. The van der Waals surface area contributed by atoms with Gasteiger partial charge >= 0.3 is 0 Å². The van der Waals surface area contributed by atoms with Crippen LogP contribution in [0.4, 0.5) is 17.1 Å². The van der Waals surface area contributed by atoms with E-state index >= 15 is 0 Å². The molecule has 0 radical (unpaired) electrons. The highest BCUT2D eigenvalue weighted by molar-refractivity contribution is 6.19. The fourth-order valence-corrected chi connectivity index (χ4v) is 7.79. The molecule has 5 heteroatoms. The maximum absolute atomic E-state index is 6.44. The Labute approximate surface area is 286 Å². The van der Waals surface area contributed by atoms with Gasteiger partial charge in [-0.25, -0.2) is 9.97 Å². The van der Waals surface area contributed by atoms with Crippen molar-refractivity contribution in [1.29, 1.82) is 0 Å². The van der Waals surface area contributed by atoms with E-state index in [9.17, 15) is 0 Å². The average Bonchev–Trinajstić information content (AvgIpc) is 3.56. The molecular formula is C45H26N4O. The first-order valence-electron chi connectivity index (χ1n) is 16.8. The standard InChI is InChI=1S/C45H26N4O/c1-2-14-32-27(9-1)22-25-34-33-16-5-10-28-11-7-18-37(39(28)33)49(43(32)34)31-23-20-30(21-24-31)45-47-41-35-15-3-4-19-38(35)50-44(41)42(48-45)36-17-6-12-29-13-8-26-46-40(29)36/h1-26H. The third-order valence-electron chi connectivity index (χ3n) is 10.0. The van der Waals surface area contributed by atoms with Gasteiger partial charge in [0.2, 0.25) is 0 Å². The van der Waals surface area contributed by atoms with Gasteiger partial charge in [-0.05, 0) is 64.9 Å². The van der Waals surface area contributed by atoms with Crippen LogP contribution >= 0.6 is 0 Å². The van der Waals surface area contributed by atoms with Crippen LogP contribution in [0.15, 0.2) is 162 Å². The van der Waals surface area contributed by atoms with Gasteiger partial charge in [-0.15, -0.1) is 0 Å². The van der Waals surface area contributed by atoms with Crippen molar-refractivity contribution < 1.29 is 4.42 Å². The highest BCUT2D eigenvalue weighted by Gasteiger charge is 2.28. The third-order valence-corrected chi connectivity index (χ3v) is 10.0. The topological polar surface area (TPSA) is 55.1 Å². The Kier molecular flexibility index (Phi) is 5.60. The second-order valence-electron chi connectivity index (χ2n) is 12.8. The van der Waals surface area contributed by atoms with E-state index in [0.717, 1.165) is 49.9 Å². The number of aromatic nitrogens is 3. The summed E-state index contributed by atoms with van der Waals surface area (Å²) in [6, 6.07) is 53.2. The first-order valence-corrected chi connectivity index (χ1v) is 16.8. The van der Waals surface area contributed by atoms with Gasteiger partial charge < -0.3 is 9.32 Å². The van der Waals surface area contributed by atoms with Crippen molar-refractivity contribution in [2.75, 3.05) is 4.90 Å². The average molecular weight is 639 g/mol. The van der Waals surface area contributed by atoms with E-state index in [1.54, 1.807) is 0 Å². The maximum Gasteiger partial charge on any atom is 0.180 e. The lowest BCUT2D eigenvalue weighted by atomic mass is 9.88. The molecule has 10 aromatic rings. The third kappa shape index (κ3) is 3.86. The fraction of sp³-hybridized carbons (Fsp3) is 0. The predicted molar refractivity (Wildman–Crippen MR) is 204 cm³/mol. The molecule has 0 bridgehead atoms. The molecule has 5 nitrogen and oxygen atoms in total. The van der Waals surface area contributed by atoms with Crippen LogP contribution in [-0.4, -0.2) is 15.0 Å². The van der Waals surface area contributed by atoms with Crippen LogP contribution in [0.25, 0.3) is 88.3 Å². The first-order chi connectivity index (χ1) is 24.8. The van der Waals surface area contributed by atoms with Crippen LogP contribution < -0.4 is 4.90 Å². The largest absolute Gasteiger partial charge is 0.452 e. The van der Waals surface area contributed by atoms with E-state index in [-0.39, 0.29) is 0 Å². The molecule has 0 saturated carbocycles. The molecule has 232 valence electrons. The molecule has 4 heterocycles. The van der Waals surface area contributed by atoms with Gasteiger partial charge in [-0.1, -0.05) is 103 Å². The summed E-state index contributed by atoms with van der Waals surface area (Å²) in [5.74, 6) is 0.635. The molecule has 0 N–H and O–H groups in total. The molecule has 1 aliphatic rings. The van der Waals surface area contributed by atoms with Crippen LogP contribution in [0.5, 0.6) is 0 Å². The number of para-hydroxylation sites is 2. The number of benzene rings is 7. The highest BCUT2D eigenvalue weighted by atomic mass is 16.3. The van der Waals surface area contributed by atoms with E-state index in [2.05, 4.69) is 126 Å². The van der Waals surface area contributed by atoms with E-state index in [1.165, 1.54) is 44.0 Å². The normalized spacial score (nSPS) is 12.4. The Morgan fingerprint density at radius 2 is 1.24 bits per heavy atom. The minimum atomic E-state index is 0.635. The Bertz CT molecular complexity index is 2990. The number of rotatable bonds is 3. The van der Waals surface area contributed by atoms with Crippen molar-refractivity contribution in [3.05, 3.63) is 158 Å². The van der Waals surface area contributed by atoms with E-state index < -0.39 is 0 Å². The van der Waals surface area contributed by atoms with Gasteiger partial charge in [0.1, 0.15) is 16.8 Å². The lowest BCUT2D eigenvalue weighted by Crippen LogP contribution is -2.15. The maximum atomic E-state index is 6.44. The number of fused-ring (bicyclic) bond motifs is 8. The smallest absolute Gasteiger partial charge is 0.180 e. The molecule has 50 heavy (non-hydrogen) atoms. The molecule has 0 unspecified atom stereocenters. The minimum absolute atomic E-state index is 0.635. The van der Waals surface area contributed by atoms with Crippen molar-refractivity contribution in [3.63, 3.8) is 0 Å². The van der Waals surface area contributed by atoms with Crippen LogP contribution in [0.2, 0.25) is 0 Å². The lowest BCUT2D eigenvalue weighted by Gasteiger charge is -2.34. The quantitative estimate of drug-likeness (QED) is 0.193. The summed E-state index contributed by atoms with van der Waals surface area (Å²) in [6.07, 6.45) is 1.82. The van der Waals surface area contributed by atoms with E-state index in [0.29, 0.717) is 11.4 Å². The summed E-state index contributed by atoms with van der Waals surface area (Å²) in [6.45, 7) is 0. The van der Waals surface area contributed by atoms with Crippen LogP contribution in [0.1, 0.15) is 0 Å². The molecule has 11 rings (SSSR count). The van der Waals surface area contributed by atoms with Crippen LogP contribution in [-0.2, 0) is 0 Å². The zero-order valence-electron chi connectivity index (χ0n) is 26.7. The first kappa shape index (κ1) is 27.1. The van der Waals surface area contributed by atoms with Gasteiger partial charge in [0.25, 0.3) is 0 Å². The number of pyridine rings is 1. The molecule has 0 amide bonds. The van der Waals surface area contributed by atoms with Gasteiger partial charge in [-0.3, -0.25) is 4.98 Å². The summed E-state index contributed by atoms with van der Waals surface area (Å²) in [4.78, 5) is 17.5. The van der Waals surface area contributed by atoms with Crippen molar-refractivity contribution in [2.24, 2.45) is 0 Å². The molecule has 3 aromatic heterocycles. The number of furan rings is 1. The van der Waals surface area contributed by atoms with Crippen molar-refractivity contribution in [1.82, 2.24) is 15.0 Å². The van der Waals surface area contributed by atoms with E-state index in [4.69, 9.17) is 19.4 Å². The SMILES string of the molecule is c1ccc2c3c(ccc2c1)-c1cccc2cccc(c12)N3c1ccc(-c2nc(-c3cccc4cccnc34)c3oc4ccccc4c3n2)cc1. The number of hydrogen-bond donors (Lipinski definition) is 0. The van der Waals surface area contributed by atoms with Gasteiger partial charge in [0.15, 0.2) is 11.4 Å². The van der Waals surface area contributed by atoms with Gasteiger partial charge in [-0.2, -0.15) is 0 Å². The monoisotopic (exact) mass is 638 g/mol. The zero-order valence-corrected chi connectivity index (χ0v) is 26.7. The van der Waals surface area contributed by atoms with Gasteiger partial charge in [0.05, 0.1) is 16.9 Å². The zero-order chi connectivity index (χ0) is 32.8. The Balaban J connectivity index is 1.13. The second-order valence-corrected chi connectivity index (χ2v) is 12.8. The van der Waals surface area contributed by atoms with Crippen LogP contribution in [0, 0.1) is 0 Å². The Hall–Kier alpha value is -6.85. The number of anilines is 3. The summed E-state index contributed by atoms with van der Waals surface area (Å²) < 4.78 is 6.44. The number of hydrogen-bond acceptors (Lipinski definition) is 5. The summed E-state index contributed by atoms with van der Waals surface area (Å²) in [5.41, 5.74) is 11.6. The molecule has 0 atom stereocenters. The predicted octanol–water partition coefficient (Wildman–Crippen LogP) is 12.0. The minimum Gasteiger partial charge on any atom is -0.452 e.